The number of hydrogen-bond acceptors (Lipinski definition) is 4. The van der Waals surface area contributed by atoms with Crippen LogP contribution >= 0.6 is 15.9 Å². The molecule has 2 aromatic rings. The van der Waals surface area contributed by atoms with Gasteiger partial charge >= 0.3 is 0 Å². The Labute approximate surface area is 113 Å². The number of aryl methyl sites for hydroxylation is 2. The summed E-state index contributed by atoms with van der Waals surface area (Å²) in [6.45, 7) is 3.84. The smallest absolute Gasteiger partial charge is 0.258 e. The number of hydrogen-bond donors (Lipinski definition) is 0. The van der Waals surface area contributed by atoms with Gasteiger partial charge in [-0.2, -0.15) is 0 Å². The lowest BCUT2D eigenvalue weighted by molar-refractivity contribution is -0.383. The van der Waals surface area contributed by atoms with Gasteiger partial charge in [-0.15, -0.1) is 0 Å². The number of non-ortho nitro benzene ring substituents is 1. The molecule has 0 radical (unpaired) electrons. The summed E-state index contributed by atoms with van der Waals surface area (Å²) in [5.41, 5.74) is 1.25. The molecule has 0 amide bonds. The van der Waals surface area contributed by atoms with Crippen LogP contribution in [0.1, 0.15) is 24.7 Å². The molecule has 94 valence electrons. The Balaban J connectivity index is 2.79. The zero-order valence-corrected chi connectivity index (χ0v) is 11.7. The topological polar surface area (TPSA) is 68.9 Å². The van der Waals surface area contributed by atoms with E-state index in [0.29, 0.717) is 27.8 Å². The number of benzene rings is 1. The minimum absolute atomic E-state index is 0.0328. The number of nitrogens with zero attached hydrogens (tertiary/aromatic N) is 3. The molecule has 0 N–H and O–H groups in total. The van der Waals surface area contributed by atoms with Crippen molar-refractivity contribution in [2.45, 2.75) is 26.7 Å². The molecule has 1 heterocycles. The SMILES string of the molecule is CCCc1nc(Br)c2cc(C)cc([N+](=O)[O-])c2n1. The quantitative estimate of drug-likeness (QED) is 0.494. The van der Waals surface area contributed by atoms with Crippen molar-refractivity contribution in [3.8, 4) is 0 Å². The van der Waals surface area contributed by atoms with Crippen molar-refractivity contribution < 1.29 is 4.92 Å². The lowest BCUT2D eigenvalue weighted by Crippen LogP contribution is -2.00. The molecule has 0 bridgehead atoms. The summed E-state index contributed by atoms with van der Waals surface area (Å²) < 4.78 is 0.614. The molecule has 2 rings (SSSR count). The zero-order valence-electron chi connectivity index (χ0n) is 10.1. The third kappa shape index (κ3) is 2.33. The molecule has 0 aliphatic rings. The number of rotatable bonds is 3. The first-order valence-electron chi connectivity index (χ1n) is 5.64. The third-order valence-electron chi connectivity index (χ3n) is 2.59. The summed E-state index contributed by atoms with van der Waals surface area (Å²) in [6.07, 6.45) is 1.61. The van der Waals surface area contributed by atoms with Gasteiger partial charge in [0.05, 0.1) is 4.92 Å². The van der Waals surface area contributed by atoms with Crippen LogP contribution in [-0.4, -0.2) is 14.9 Å². The standard InChI is InChI=1S/C12H12BrN3O2/c1-3-4-10-14-11-8(12(13)15-10)5-7(2)6-9(11)16(17)18/h5-6H,3-4H2,1-2H3. The number of fused-ring (bicyclic) bond motifs is 1. The van der Waals surface area contributed by atoms with E-state index in [2.05, 4.69) is 25.9 Å². The highest BCUT2D eigenvalue weighted by Crippen LogP contribution is 2.30. The average Bonchev–Trinajstić information content (AvgIpc) is 2.29. The van der Waals surface area contributed by atoms with E-state index in [1.807, 2.05) is 19.9 Å². The van der Waals surface area contributed by atoms with Gasteiger partial charge in [-0.25, -0.2) is 9.97 Å². The number of nitro benzene ring substituents is 1. The minimum Gasteiger partial charge on any atom is -0.258 e. The van der Waals surface area contributed by atoms with Crippen LogP contribution in [-0.2, 0) is 6.42 Å². The van der Waals surface area contributed by atoms with Crippen molar-refractivity contribution >= 4 is 32.5 Å². The van der Waals surface area contributed by atoms with Gasteiger partial charge in [0.1, 0.15) is 10.4 Å². The summed E-state index contributed by atoms with van der Waals surface area (Å²) in [4.78, 5) is 19.3. The largest absolute Gasteiger partial charge is 0.295 e. The molecule has 0 fully saturated rings. The Bertz CT molecular complexity index is 628. The molecule has 0 saturated carbocycles. The van der Waals surface area contributed by atoms with Gasteiger partial charge in [0.15, 0.2) is 5.52 Å². The molecule has 6 heteroatoms. The molecule has 0 saturated heterocycles. The van der Waals surface area contributed by atoms with E-state index in [1.54, 1.807) is 0 Å². The molecule has 0 aliphatic carbocycles. The van der Waals surface area contributed by atoms with Crippen LogP contribution in [0.25, 0.3) is 10.9 Å². The van der Waals surface area contributed by atoms with Crippen molar-refractivity contribution in [1.29, 1.82) is 0 Å². The monoisotopic (exact) mass is 309 g/mol. The zero-order chi connectivity index (χ0) is 13.3. The highest BCUT2D eigenvalue weighted by atomic mass is 79.9. The molecule has 1 aromatic heterocycles. The first-order valence-corrected chi connectivity index (χ1v) is 6.43. The summed E-state index contributed by atoms with van der Waals surface area (Å²) in [6, 6.07) is 3.39. The summed E-state index contributed by atoms with van der Waals surface area (Å²) >= 11 is 3.36. The Morgan fingerprint density at radius 1 is 1.39 bits per heavy atom. The maximum absolute atomic E-state index is 11.1. The second-order valence-corrected chi connectivity index (χ2v) is 4.87. The van der Waals surface area contributed by atoms with Crippen molar-refractivity contribution in [2.75, 3.05) is 0 Å². The maximum Gasteiger partial charge on any atom is 0.295 e. The van der Waals surface area contributed by atoms with Crippen LogP contribution in [0.4, 0.5) is 5.69 Å². The van der Waals surface area contributed by atoms with Crippen molar-refractivity contribution in [1.82, 2.24) is 9.97 Å². The number of aromatic nitrogens is 2. The van der Waals surface area contributed by atoms with Gasteiger partial charge in [-0.1, -0.05) is 6.92 Å². The van der Waals surface area contributed by atoms with E-state index in [-0.39, 0.29) is 5.69 Å². The predicted octanol–water partition coefficient (Wildman–Crippen LogP) is 3.56. The van der Waals surface area contributed by atoms with Crippen molar-refractivity contribution in [2.24, 2.45) is 0 Å². The second kappa shape index (κ2) is 4.97. The third-order valence-corrected chi connectivity index (χ3v) is 3.20. The molecule has 0 spiro atoms. The van der Waals surface area contributed by atoms with Gasteiger partial charge in [0, 0.05) is 17.9 Å². The van der Waals surface area contributed by atoms with Crippen LogP contribution in [0, 0.1) is 17.0 Å². The highest BCUT2D eigenvalue weighted by Gasteiger charge is 2.17. The maximum atomic E-state index is 11.1. The molecule has 1 aromatic carbocycles. The van der Waals surface area contributed by atoms with E-state index in [4.69, 9.17) is 0 Å². The molecule has 0 unspecified atom stereocenters. The molecule has 0 aliphatic heterocycles. The lowest BCUT2D eigenvalue weighted by atomic mass is 10.1. The van der Waals surface area contributed by atoms with Gasteiger partial charge in [-0.3, -0.25) is 10.1 Å². The fourth-order valence-corrected chi connectivity index (χ4v) is 2.34. The van der Waals surface area contributed by atoms with E-state index < -0.39 is 4.92 Å². The van der Waals surface area contributed by atoms with E-state index in [1.165, 1.54) is 6.07 Å². The normalized spacial score (nSPS) is 10.8. The van der Waals surface area contributed by atoms with Crippen molar-refractivity contribution in [3.05, 3.63) is 38.2 Å². The fraction of sp³-hybridized carbons (Fsp3) is 0.333. The number of halogens is 1. The molecular weight excluding hydrogens is 298 g/mol. The molecule has 0 atom stereocenters. The Kier molecular flexibility index (Phi) is 3.56. The van der Waals surface area contributed by atoms with Gasteiger partial charge in [-0.05, 0) is 40.9 Å². The second-order valence-electron chi connectivity index (χ2n) is 4.12. The molecule has 5 nitrogen and oxygen atoms in total. The van der Waals surface area contributed by atoms with Crippen LogP contribution in [0.5, 0.6) is 0 Å². The Morgan fingerprint density at radius 2 is 2.11 bits per heavy atom. The fourth-order valence-electron chi connectivity index (χ4n) is 1.84. The van der Waals surface area contributed by atoms with E-state index in [9.17, 15) is 10.1 Å². The van der Waals surface area contributed by atoms with Gasteiger partial charge in [0.2, 0.25) is 0 Å². The average molecular weight is 310 g/mol. The van der Waals surface area contributed by atoms with Gasteiger partial charge < -0.3 is 0 Å². The minimum atomic E-state index is -0.398. The van der Waals surface area contributed by atoms with E-state index in [0.717, 1.165) is 12.0 Å². The van der Waals surface area contributed by atoms with Crippen LogP contribution in [0.15, 0.2) is 16.7 Å². The highest BCUT2D eigenvalue weighted by molar-refractivity contribution is 9.10. The van der Waals surface area contributed by atoms with E-state index >= 15 is 0 Å². The summed E-state index contributed by atoms with van der Waals surface area (Å²) in [5, 5.41) is 11.8. The van der Waals surface area contributed by atoms with Crippen LogP contribution < -0.4 is 0 Å². The number of nitro groups is 1. The Morgan fingerprint density at radius 3 is 2.72 bits per heavy atom. The van der Waals surface area contributed by atoms with Gasteiger partial charge in [0.25, 0.3) is 5.69 Å². The first-order chi connectivity index (χ1) is 8.52. The lowest BCUT2D eigenvalue weighted by Gasteiger charge is -2.05. The first kappa shape index (κ1) is 12.9. The van der Waals surface area contributed by atoms with Crippen LogP contribution in [0.2, 0.25) is 0 Å². The molecular formula is C12H12BrN3O2. The molecule has 18 heavy (non-hydrogen) atoms. The predicted molar refractivity (Wildman–Crippen MR) is 72.6 cm³/mol. The Hall–Kier alpha value is -1.56. The summed E-state index contributed by atoms with van der Waals surface area (Å²) in [7, 11) is 0. The van der Waals surface area contributed by atoms with Crippen LogP contribution in [0.3, 0.4) is 0 Å². The summed E-state index contributed by atoms with van der Waals surface area (Å²) in [5.74, 6) is 0.629. The van der Waals surface area contributed by atoms with Crippen molar-refractivity contribution in [3.63, 3.8) is 0 Å².